The molecule has 4 rings (SSSR count). The number of methoxy groups -OCH3 is 1. The van der Waals surface area contributed by atoms with E-state index in [-0.39, 0.29) is 18.4 Å². The molecule has 2 heterocycles. The molecule has 0 saturated heterocycles. The molecule has 2 N–H and O–H groups in total. The number of amides is 2. The first-order valence-corrected chi connectivity index (χ1v) is 10.2. The number of halogens is 1. The Morgan fingerprint density at radius 1 is 1.09 bits per heavy atom. The monoisotopic (exact) mass is 453 g/mol. The lowest BCUT2D eigenvalue weighted by Crippen LogP contribution is -2.48. The van der Waals surface area contributed by atoms with Gasteiger partial charge in [0, 0.05) is 18.5 Å². The summed E-state index contributed by atoms with van der Waals surface area (Å²) < 4.78 is 10.9. The number of carbonyl (C=O) groups excluding carboxylic acids is 2. The van der Waals surface area contributed by atoms with Crippen molar-refractivity contribution in [2.24, 2.45) is 0 Å². The second-order valence-electron chi connectivity index (χ2n) is 7.23. The summed E-state index contributed by atoms with van der Waals surface area (Å²) in [6.07, 6.45) is 6.84. The number of nitrogens with one attached hydrogen (secondary N) is 2. The third kappa shape index (κ3) is 4.94. The van der Waals surface area contributed by atoms with Crippen LogP contribution in [0.25, 0.3) is 0 Å². The minimum Gasteiger partial charge on any atom is -0.497 e. The van der Waals surface area contributed by atoms with Crippen LogP contribution >= 0.6 is 11.6 Å². The molecule has 2 aromatic heterocycles. The lowest BCUT2D eigenvalue weighted by atomic mass is 10.2. The number of rotatable bonds is 8. The van der Waals surface area contributed by atoms with Crippen molar-refractivity contribution in [2.45, 2.75) is 24.9 Å². The van der Waals surface area contributed by atoms with Gasteiger partial charge in [0.15, 0.2) is 0 Å². The first-order chi connectivity index (χ1) is 15.5. The van der Waals surface area contributed by atoms with Crippen LogP contribution in [0.1, 0.15) is 28.9 Å². The molecule has 3 aromatic rings. The number of nitrogens with zero attached hydrogens (tertiary/aromatic N) is 3. The Morgan fingerprint density at radius 3 is 2.47 bits per heavy atom. The Labute approximate surface area is 189 Å². The van der Waals surface area contributed by atoms with E-state index in [1.807, 2.05) is 0 Å². The fourth-order valence-corrected chi connectivity index (χ4v) is 3.18. The van der Waals surface area contributed by atoms with Gasteiger partial charge in [-0.25, -0.2) is 9.97 Å². The van der Waals surface area contributed by atoms with Gasteiger partial charge >= 0.3 is 0 Å². The van der Waals surface area contributed by atoms with Gasteiger partial charge < -0.3 is 20.1 Å². The van der Waals surface area contributed by atoms with Gasteiger partial charge in [0.1, 0.15) is 29.1 Å². The average molecular weight is 454 g/mol. The fraction of sp³-hybridized carbons (Fsp3) is 0.227. The van der Waals surface area contributed by atoms with Crippen LogP contribution in [0.5, 0.6) is 17.2 Å². The molecule has 0 aliphatic heterocycles. The Bertz CT molecular complexity index is 1120. The summed E-state index contributed by atoms with van der Waals surface area (Å²) in [5.74, 6) is 0.979. The maximum Gasteiger partial charge on any atom is 0.255 e. The number of pyridine rings is 1. The topological polar surface area (TPSA) is 115 Å². The van der Waals surface area contributed by atoms with Gasteiger partial charge in [0.2, 0.25) is 5.91 Å². The number of ether oxygens (including phenoxy) is 2. The molecular formula is C22H20ClN5O4. The third-order valence-corrected chi connectivity index (χ3v) is 5.25. The standard InChI is InChI=1S/C22H20ClN5O4/c1-31-16-4-5-19(18(23)8-16)32-17-3-2-15(26-12-17)11-27-21(30)22(6-7-22)28-20(29)14-9-24-13-25-10-14/h2-5,8-10,12-13H,6-7,11H2,1H3,(H,27,30)(H,28,29). The molecule has 9 nitrogen and oxygen atoms in total. The lowest BCUT2D eigenvalue weighted by molar-refractivity contribution is -0.124. The zero-order chi connectivity index (χ0) is 22.6. The number of aromatic nitrogens is 3. The highest BCUT2D eigenvalue weighted by Crippen LogP contribution is 2.36. The predicted molar refractivity (Wildman–Crippen MR) is 116 cm³/mol. The van der Waals surface area contributed by atoms with Crippen LogP contribution in [-0.2, 0) is 11.3 Å². The Hall–Kier alpha value is -3.72. The van der Waals surface area contributed by atoms with Crippen molar-refractivity contribution in [3.63, 3.8) is 0 Å². The summed E-state index contributed by atoms with van der Waals surface area (Å²) in [5, 5.41) is 6.02. The molecule has 0 spiro atoms. The van der Waals surface area contributed by atoms with Crippen LogP contribution in [0.2, 0.25) is 5.02 Å². The molecule has 0 radical (unpaired) electrons. The molecule has 32 heavy (non-hydrogen) atoms. The lowest BCUT2D eigenvalue weighted by Gasteiger charge is -2.17. The van der Waals surface area contributed by atoms with Crippen molar-refractivity contribution >= 4 is 23.4 Å². The molecule has 164 valence electrons. The molecule has 0 unspecified atom stereocenters. The SMILES string of the molecule is COc1ccc(Oc2ccc(CNC(=O)C3(NC(=O)c4cncnc4)CC3)nc2)c(Cl)c1. The van der Waals surface area contributed by atoms with E-state index in [9.17, 15) is 9.59 Å². The Kier molecular flexibility index (Phi) is 6.18. The summed E-state index contributed by atoms with van der Waals surface area (Å²) in [6, 6.07) is 8.59. The van der Waals surface area contributed by atoms with E-state index in [1.165, 1.54) is 18.7 Å². The summed E-state index contributed by atoms with van der Waals surface area (Å²) >= 11 is 6.19. The van der Waals surface area contributed by atoms with Crippen LogP contribution < -0.4 is 20.1 Å². The maximum absolute atomic E-state index is 12.6. The minimum absolute atomic E-state index is 0.217. The zero-order valence-electron chi connectivity index (χ0n) is 17.2. The Morgan fingerprint density at radius 2 is 1.84 bits per heavy atom. The number of hydrogen-bond donors (Lipinski definition) is 2. The quantitative estimate of drug-likeness (QED) is 0.538. The van der Waals surface area contributed by atoms with E-state index < -0.39 is 5.54 Å². The molecule has 0 bridgehead atoms. The van der Waals surface area contributed by atoms with Crippen molar-refractivity contribution in [2.75, 3.05) is 7.11 Å². The molecule has 1 aliphatic carbocycles. The van der Waals surface area contributed by atoms with E-state index in [1.54, 1.807) is 43.6 Å². The van der Waals surface area contributed by atoms with Gasteiger partial charge in [-0.05, 0) is 37.1 Å². The molecule has 1 saturated carbocycles. The number of hydrogen-bond acceptors (Lipinski definition) is 7. The molecule has 1 aromatic carbocycles. The summed E-state index contributed by atoms with van der Waals surface area (Å²) in [7, 11) is 1.56. The van der Waals surface area contributed by atoms with Gasteiger partial charge in [-0.3, -0.25) is 14.6 Å². The minimum atomic E-state index is -0.902. The van der Waals surface area contributed by atoms with Crippen molar-refractivity contribution < 1.29 is 19.1 Å². The van der Waals surface area contributed by atoms with Gasteiger partial charge in [0.25, 0.3) is 5.91 Å². The highest BCUT2D eigenvalue weighted by Gasteiger charge is 2.51. The normalized spacial score (nSPS) is 13.7. The van der Waals surface area contributed by atoms with E-state index in [0.29, 0.717) is 46.4 Å². The summed E-state index contributed by atoms with van der Waals surface area (Å²) in [6.45, 7) is 0.217. The maximum atomic E-state index is 12.6. The smallest absolute Gasteiger partial charge is 0.255 e. The van der Waals surface area contributed by atoms with Gasteiger partial charge in [0.05, 0.1) is 36.1 Å². The van der Waals surface area contributed by atoms with Gasteiger partial charge in [-0.15, -0.1) is 0 Å². The van der Waals surface area contributed by atoms with E-state index in [2.05, 4.69) is 25.6 Å². The average Bonchev–Trinajstić information content (AvgIpc) is 3.61. The number of carbonyl (C=O) groups is 2. The second kappa shape index (κ2) is 9.19. The first-order valence-electron chi connectivity index (χ1n) is 9.81. The summed E-state index contributed by atoms with van der Waals surface area (Å²) in [4.78, 5) is 36.9. The number of benzene rings is 1. The van der Waals surface area contributed by atoms with Crippen molar-refractivity contribution in [3.8, 4) is 17.2 Å². The highest BCUT2D eigenvalue weighted by molar-refractivity contribution is 6.32. The van der Waals surface area contributed by atoms with Crippen molar-refractivity contribution in [3.05, 3.63) is 71.5 Å². The summed E-state index contributed by atoms with van der Waals surface area (Å²) in [5.41, 5.74) is 0.0482. The van der Waals surface area contributed by atoms with Crippen LogP contribution in [0.3, 0.4) is 0 Å². The van der Waals surface area contributed by atoms with Gasteiger partial charge in [-0.1, -0.05) is 11.6 Å². The van der Waals surface area contributed by atoms with Crippen LogP contribution in [0.15, 0.2) is 55.2 Å². The van der Waals surface area contributed by atoms with E-state index in [4.69, 9.17) is 21.1 Å². The van der Waals surface area contributed by atoms with E-state index in [0.717, 1.165) is 0 Å². The van der Waals surface area contributed by atoms with Crippen LogP contribution in [0.4, 0.5) is 0 Å². The van der Waals surface area contributed by atoms with E-state index >= 15 is 0 Å². The third-order valence-electron chi connectivity index (χ3n) is 4.95. The zero-order valence-corrected chi connectivity index (χ0v) is 17.9. The van der Waals surface area contributed by atoms with Crippen LogP contribution in [-0.4, -0.2) is 39.4 Å². The van der Waals surface area contributed by atoms with Crippen LogP contribution in [0, 0.1) is 0 Å². The highest BCUT2D eigenvalue weighted by atomic mass is 35.5. The molecule has 10 heteroatoms. The van der Waals surface area contributed by atoms with Crippen molar-refractivity contribution in [1.29, 1.82) is 0 Å². The first kappa shape index (κ1) is 21.5. The second-order valence-corrected chi connectivity index (χ2v) is 7.64. The predicted octanol–water partition coefficient (Wildman–Crippen LogP) is 2.90. The molecule has 2 amide bonds. The fourth-order valence-electron chi connectivity index (χ4n) is 2.97. The Balaban J connectivity index is 1.31. The van der Waals surface area contributed by atoms with Gasteiger partial charge in [-0.2, -0.15) is 0 Å². The largest absolute Gasteiger partial charge is 0.497 e. The molecule has 1 fully saturated rings. The van der Waals surface area contributed by atoms with Crippen molar-refractivity contribution in [1.82, 2.24) is 25.6 Å². The molecule has 1 aliphatic rings. The molecule has 0 atom stereocenters. The molecular weight excluding hydrogens is 434 g/mol.